The van der Waals surface area contributed by atoms with Gasteiger partial charge in [-0.2, -0.15) is 0 Å². The van der Waals surface area contributed by atoms with Crippen LogP contribution in [0.4, 0.5) is 0 Å². The summed E-state index contributed by atoms with van der Waals surface area (Å²) in [6.07, 6.45) is 10.9. The standard InChI is InChI=1S/C13H23NO/c1-3-5-6-13(14-8-4-2)10-12-7-9-15-11-12/h1,12-14H,4-11H2,2H3. The van der Waals surface area contributed by atoms with E-state index < -0.39 is 0 Å². The van der Waals surface area contributed by atoms with Crippen LogP contribution in [0.15, 0.2) is 0 Å². The van der Waals surface area contributed by atoms with Crippen LogP contribution in [-0.2, 0) is 4.74 Å². The van der Waals surface area contributed by atoms with Crippen molar-refractivity contribution in [1.82, 2.24) is 5.32 Å². The second-order valence-electron chi connectivity index (χ2n) is 4.36. The summed E-state index contributed by atoms with van der Waals surface area (Å²) in [6, 6.07) is 0.590. The molecule has 2 unspecified atom stereocenters. The largest absolute Gasteiger partial charge is 0.381 e. The van der Waals surface area contributed by atoms with E-state index in [1.165, 1.54) is 19.3 Å². The normalized spacial score (nSPS) is 22.5. The van der Waals surface area contributed by atoms with Crippen molar-refractivity contribution < 1.29 is 4.74 Å². The zero-order valence-corrected chi connectivity index (χ0v) is 9.80. The topological polar surface area (TPSA) is 21.3 Å². The van der Waals surface area contributed by atoms with Crippen molar-refractivity contribution in [2.75, 3.05) is 19.8 Å². The second-order valence-corrected chi connectivity index (χ2v) is 4.36. The van der Waals surface area contributed by atoms with Crippen LogP contribution in [0.5, 0.6) is 0 Å². The molecule has 1 aliphatic heterocycles. The molecule has 2 heteroatoms. The van der Waals surface area contributed by atoms with Gasteiger partial charge in [0.2, 0.25) is 0 Å². The van der Waals surface area contributed by atoms with Crippen molar-refractivity contribution >= 4 is 0 Å². The van der Waals surface area contributed by atoms with Crippen LogP contribution in [0.3, 0.4) is 0 Å². The Balaban J connectivity index is 2.23. The Hall–Kier alpha value is -0.520. The van der Waals surface area contributed by atoms with Crippen LogP contribution < -0.4 is 5.32 Å². The fourth-order valence-corrected chi connectivity index (χ4v) is 2.08. The molecule has 2 atom stereocenters. The highest BCUT2D eigenvalue weighted by atomic mass is 16.5. The first-order chi connectivity index (χ1) is 7.36. The summed E-state index contributed by atoms with van der Waals surface area (Å²) < 4.78 is 5.40. The van der Waals surface area contributed by atoms with Gasteiger partial charge < -0.3 is 10.1 Å². The Morgan fingerprint density at radius 2 is 2.47 bits per heavy atom. The monoisotopic (exact) mass is 209 g/mol. The molecule has 0 aromatic rings. The minimum absolute atomic E-state index is 0.590. The van der Waals surface area contributed by atoms with E-state index in [1.807, 2.05) is 0 Å². The lowest BCUT2D eigenvalue weighted by Gasteiger charge is -2.20. The van der Waals surface area contributed by atoms with Crippen LogP contribution in [0, 0.1) is 18.3 Å². The van der Waals surface area contributed by atoms with Gasteiger partial charge in [-0.05, 0) is 38.1 Å². The summed E-state index contributed by atoms with van der Waals surface area (Å²) in [5.41, 5.74) is 0. The van der Waals surface area contributed by atoms with E-state index >= 15 is 0 Å². The molecule has 1 fully saturated rings. The molecular formula is C13H23NO. The van der Waals surface area contributed by atoms with Crippen LogP contribution >= 0.6 is 0 Å². The van der Waals surface area contributed by atoms with E-state index in [0.717, 1.165) is 38.5 Å². The lowest BCUT2D eigenvalue weighted by Crippen LogP contribution is -2.32. The molecule has 0 bridgehead atoms. The van der Waals surface area contributed by atoms with Gasteiger partial charge in [0.05, 0.1) is 0 Å². The van der Waals surface area contributed by atoms with Gasteiger partial charge in [0.1, 0.15) is 0 Å². The first-order valence-electron chi connectivity index (χ1n) is 6.11. The first-order valence-corrected chi connectivity index (χ1v) is 6.11. The summed E-state index contributed by atoms with van der Waals surface area (Å²) in [5.74, 6) is 3.48. The van der Waals surface area contributed by atoms with Crippen molar-refractivity contribution in [1.29, 1.82) is 0 Å². The van der Waals surface area contributed by atoms with E-state index in [1.54, 1.807) is 0 Å². The minimum atomic E-state index is 0.590. The molecule has 0 saturated carbocycles. The molecule has 0 amide bonds. The molecule has 0 aliphatic carbocycles. The average Bonchev–Trinajstić information content (AvgIpc) is 2.74. The highest BCUT2D eigenvalue weighted by molar-refractivity contribution is 4.86. The van der Waals surface area contributed by atoms with Crippen LogP contribution in [0.1, 0.15) is 39.0 Å². The summed E-state index contributed by atoms with van der Waals surface area (Å²) in [7, 11) is 0. The maximum absolute atomic E-state index is 5.40. The lowest BCUT2D eigenvalue weighted by molar-refractivity contribution is 0.181. The summed E-state index contributed by atoms with van der Waals surface area (Å²) in [4.78, 5) is 0. The number of rotatable bonds is 7. The lowest BCUT2D eigenvalue weighted by atomic mass is 9.96. The van der Waals surface area contributed by atoms with Gasteiger partial charge in [0.25, 0.3) is 0 Å². The smallest absolute Gasteiger partial charge is 0.0495 e. The highest BCUT2D eigenvalue weighted by Crippen LogP contribution is 2.19. The van der Waals surface area contributed by atoms with Crippen LogP contribution in [0.2, 0.25) is 0 Å². The van der Waals surface area contributed by atoms with Gasteiger partial charge in [-0.15, -0.1) is 12.3 Å². The molecule has 1 rings (SSSR count). The zero-order valence-electron chi connectivity index (χ0n) is 9.80. The molecule has 86 valence electrons. The Morgan fingerprint density at radius 3 is 3.07 bits per heavy atom. The molecule has 0 aromatic heterocycles. The molecule has 15 heavy (non-hydrogen) atoms. The molecular weight excluding hydrogens is 186 g/mol. The number of hydrogen-bond donors (Lipinski definition) is 1. The van der Waals surface area contributed by atoms with Crippen molar-refractivity contribution in [3.63, 3.8) is 0 Å². The van der Waals surface area contributed by atoms with Gasteiger partial charge in [0, 0.05) is 25.7 Å². The second kappa shape index (κ2) is 7.73. The van der Waals surface area contributed by atoms with Gasteiger partial charge >= 0.3 is 0 Å². The fourth-order valence-electron chi connectivity index (χ4n) is 2.08. The van der Waals surface area contributed by atoms with E-state index in [4.69, 9.17) is 11.2 Å². The van der Waals surface area contributed by atoms with Crippen LogP contribution in [-0.4, -0.2) is 25.8 Å². The maximum atomic E-state index is 5.40. The summed E-state index contributed by atoms with van der Waals surface area (Å²) >= 11 is 0. The predicted octanol–water partition coefficient (Wildman–Crippen LogP) is 2.19. The molecule has 1 saturated heterocycles. The van der Waals surface area contributed by atoms with Crippen molar-refractivity contribution in [2.24, 2.45) is 5.92 Å². The number of terminal acetylenes is 1. The van der Waals surface area contributed by atoms with Gasteiger partial charge in [0.15, 0.2) is 0 Å². The summed E-state index contributed by atoms with van der Waals surface area (Å²) in [6.45, 7) is 5.19. The van der Waals surface area contributed by atoms with E-state index in [0.29, 0.717) is 6.04 Å². The van der Waals surface area contributed by atoms with Gasteiger partial charge in [-0.1, -0.05) is 6.92 Å². The third kappa shape index (κ3) is 5.20. The van der Waals surface area contributed by atoms with E-state index in [9.17, 15) is 0 Å². The SMILES string of the molecule is C#CCCC(CC1CCOC1)NCCC. The minimum Gasteiger partial charge on any atom is -0.381 e. The summed E-state index contributed by atoms with van der Waals surface area (Å²) in [5, 5.41) is 3.58. The van der Waals surface area contributed by atoms with Crippen molar-refractivity contribution in [3.8, 4) is 12.3 Å². The molecule has 0 aromatic carbocycles. The Bertz CT molecular complexity index is 191. The first kappa shape index (κ1) is 12.5. The third-order valence-electron chi connectivity index (χ3n) is 2.96. The quantitative estimate of drug-likeness (QED) is 0.649. The van der Waals surface area contributed by atoms with E-state index in [2.05, 4.69) is 18.2 Å². The van der Waals surface area contributed by atoms with E-state index in [-0.39, 0.29) is 0 Å². The molecule has 1 N–H and O–H groups in total. The third-order valence-corrected chi connectivity index (χ3v) is 2.96. The molecule has 0 radical (unpaired) electrons. The predicted molar refractivity (Wildman–Crippen MR) is 63.7 cm³/mol. The van der Waals surface area contributed by atoms with Crippen molar-refractivity contribution in [3.05, 3.63) is 0 Å². The molecule has 0 spiro atoms. The highest BCUT2D eigenvalue weighted by Gasteiger charge is 2.19. The average molecular weight is 209 g/mol. The number of ether oxygens (including phenoxy) is 1. The van der Waals surface area contributed by atoms with Gasteiger partial charge in [-0.3, -0.25) is 0 Å². The Morgan fingerprint density at radius 1 is 1.60 bits per heavy atom. The fraction of sp³-hybridized carbons (Fsp3) is 0.846. The number of nitrogens with one attached hydrogen (secondary N) is 1. The molecule has 1 aliphatic rings. The Kier molecular flexibility index (Phi) is 6.47. The van der Waals surface area contributed by atoms with Crippen LogP contribution in [0.25, 0.3) is 0 Å². The zero-order chi connectivity index (χ0) is 10.9. The number of hydrogen-bond acceptors (Lipinski definition) is 2. The van der Waals surface area contributed by atoms with Gasteiger partial charge in [-0.25, -0.2) is 0 Å². The molecule has 2 nitrogen and oxygen atoms in total. The van der Waals surface area contributed by atoms with Crippen molar-refractivity contribution in [2.45, 2.75) is 45.1 Å². The Labute approximate surface area is 93.8 Å². The maximum Gasteiger partial charge on any atom is 0.0495 e. The molecule has 1 heterocycles.